The lowest BCUT2D eigenvalue weighted by atomic mass is 10.0. The molecule has 0 unspecified atom stereocenters. The standard InChI is InChI=1S/C12H14ClNO2/c1-14-10-3-2-4-11(16-8-7-13)9(10)5-6-12(14)15/h2-4H,5-8H2,1H3. The minimum atomic E-state index is 0.155. The number of fused-ring (bicyclic) bond motifs is 1. The van der Waals surface area contributed by atoms with Crippen LogP contribution in [0.5, 0.6) is 5.75 Å². The van der Waals surface area contributed by atoms with Gasteiger partial charge in [0.05, 0.1) is 11.6 Å². The zero-order chi connectivity index (χ0) is 11.5. The maximum Gasteiger partial charge on any atom is 0.227 e. The molecule has 2 rings (SSSR count). The fourth-order valence-corrected chi connectivity index (χ4v) is 2.01. The highest BCUT2D eigenvalue weighted by Gasteiger charge is 2.23. The number of rotatable bonds is 3. The molecule has 1 aliphatic heterocycles. The van der Waals surface area contributed by atoms with E-state index in [1.807, 2.05) is 18.2 Å². The minimum Gasteiger partial charge on any atom is -0.492 e. The number of halogens is 1. The second-order valence-electron chi connectivity index (χ2n) is 3.74. The number of amides is 1. The number of hydrogen-bond acceptors (Lipinski definition) is 2. The molecular formula is C12H14ClNO2. The highest BCUT2D eigenvalue weighted by Crippen LogP contribution is 2.33. The lowest BCUT2D eigenvalue weighted by Gasteiger charge is -2.27. The van der Waals surface area contributed by atoms with Crippen LogP contribution in [0.4, 0.5) is 5.69 Å². The molecule has 0 atom stereocenters. The normalized spacial score (nSPS) is 14.9. The number of carbonyl (C=O) groups is 1. The van der Waals surface area contributed by atoms with Gasteiger partial charge >= 0.3 is 0 Å². The first-order valence-corrected chi connectivity index (χ1v) is 5.84. The van der Waals surface area contributed by atoms with E-state index in [9.17, 15) is 4.79 Å². The summed E-state index contributed by atoms with van der Waals surface area (Å²) in [5.41, 5.74) is 2.05. The van der Waals surface area contributed by atoms with Gasteiger partial charge in [0.1, 0.15) is 12.4 Å². The summed E-state index contributed by atoms with van der Waals surface area (Å²) in [7, 11) is 1.80. The summed E-state index contributed by atoms with van der Waals surface area (Å²) >= 11 is 5.60. The molecule has 0 bridgehead atoms. The van der Waals surface area contributed by atoms with Gasteiger partial charge in [-0.15, -0.1) is 11.6 Å². The summed E-state index contributed by atoms with van der Waals surface area (Å²) in [6.45, 7) is 0.496. The van der Waals surface area contributed by atoms with Crippen molar-refractivity contribution in [3.05, 3.63) is 23.8 Å². The highest BCUT2D eigenvalue weighted by molar-refractivity contribution is 6.18. The fourth-order valence-electron chi connectivity index (χ4n) is 1.94. The van der Waals surface area contributed by atoms with E-state index < -0.39 is 0 Å². The average Bonchev–Trinajstić information content (AvgIpc) is 2.31. The van der Waals surface area contributed by atoms with E-state index in [4.69, 9.17) is 16.3 Å². The number of carbonyl (C=O) groups excluding carboxylic acids is 1. The van der Waals surface area contributed by atoms with Gasteiger partial charge in [0.2, 0.25) is 5.91 Å². The van der Waals surface area contributed by atoms with Crippen LogP contribution in [0.3, 0.4) is 0 Å². The summed E-state index contributed by atoms with van der Waals surface area (Å²) < 4.78 is 5.57. The second kappa shape index (κ2) is 4.74. The molecule has 1 amide bonds. The Morgan fingerprint density at radius 3 is 3.00 bits per heavy atom. The Morgan fingerprint density at radius 2 is 2.25 bits per heavy atom. The molecule has 3 nitrogen and oxygen atoms in total. The van der Waals surface area contributed by atoms with Crippen molar-refractivity contribution >= 4 is 23.2 Å². The van der Waals surface area contributed by atoms with Crippen molar-refractivity contribution in [3.63, 3.8) is 0 Å². The van der Waals surface area contributed by atoms with Gasteiger partial charge in [0, 0.05) is 19.0 Å². The van der Waals surface area contributed by atoms with Crippen LogP contribution in [0.25, 0.3) is 0 Å². The molecule has 4 heteroatoms. The topological polar surface area (TPSA) is 29.5 Å². The molecule has 86 valence electrons. The molecule has 0 saturated heterocycles. The Morgan fingerprint density at radius 1 is 1.44 bits per heavy atom. The number of anilines is 1. The second-order valence-corrected chi connectivity index (χ2v) is 4.12. The van der Waals surface area contributed by atoms with Crippen LogP contribution >= 0.6 is 11.6 Å². The third-order valence-corrected chi connectivity index (χ3v) is 2.92. The molecule has 0 fully saturated rings. The monoisotopic (exact) mass is 239 g/mol. The van der Waals surface area contributed by atoms with E-state index >= 15 is 0 Å². The first-order valence-electron chi connectivity index (χ1n) is 5.31. The van der Waals surface area contributed by atoms with Gasteiger partial charge in [-0.25, -0.2) is 0 Å². The van der Waals surface area contributed by atoms with E-state index in [1.165, 1.54) is 0 Å². The van der Waals surface area contributed by atoms with Crippen LogP contribution < -0.4 is 9.64 Å². The Hall–Kier alpha value is -1.22. The van der Waals surface area contributed by atoms with Crippen molar-refractivity contribution in [2.45, 2.75) is 12.8 Å². The lowest BCUT2D eigenvalue weighted by molar-refractivity contribution is -0.118. The van der Waals surface area contributed by atoms with Gasteiger partial charge in [0.15, 0.2) is 0 Å². The molecule has 0 spiro atoms. The van der Waals surface area contributed by atoms with Gasteiger partial charge in [-0.2, -0.15) is 0 Å². The van der Waals surface area contributed by atoms with Crippen LogP contribution in [0, 0.1) is 0 Å². The summed E-state index contributed by atoms with van der Waals surface area (Å²) in [6, 6.07) is 5.77. The van der Waals surface area contributed by atoms with Crippen molar-refractivity contribution in [2.75, 3.05) is 24.4 Å². The molecule has 16 heavy (non-hydrogen) atoms. The Balaban J connectivity index is 2.33. The third-order valence-electron chi connectivity index (χ3n) is 2.77. The predicted octanol–water partition coefficient (Wildman–Crippen LogP) is 2.21. The van der Waals surface area contributed by atoms with Gasteiger partial charge in [0.25, 0.3) is 0 Å². The summed E-state index contributed by atoms with van der Waals surface area (Å²) in [6.07, 6.45) is 1.29. The van der Waals surface area contributed by atoms with Gasteiger partial charge < -0.3 is 9.64 Å². The van der Waals surface area contributed by atoms with Crippen LogP contribution in [0.15, 0.2) is 18.2 Å². The summed E-state index contributed by atoms with van der Waals surface area (Å²) in [5, 5.41) is 0. The van der Waals surface area contributed by atoms with E-state index in [0.717, 1.165) is 23.4 Å². The van der Waals surface area contributed by atoms with Gasteiger partial charge in [-0.1, -0.05) is 6.07 Å². The molecule has 1 aromatic rings. The number of nitrogens with zero attached hydrogens (tertiary/aromatic N) is 1. The number of hydrogen-bond donors (Lipinski definition) is 0. The van der Waals surface area contributed by atoms with E-state index in [2.05, 4.69) is 0 Å². The fraction of sp³-hybridized carbons (Fsp3) is 0.417. The van der Waals surface area contributed by atoms with E-state index in [-0.39, 0.29) is 5.91 Å². The number of alkyl halides is 1. The Bertz CT molecular complexity index is 406. The first-order chi connectivity index (χ1) is 7.74. The zero-order valence-corrected chi connectivity index (χ0v) is 9.96. The first kappa shape index (κ1) is 11.3. The van der Waals surface area contributed by atoms with Crippen molar-refractivity contribution in [1.82, 2.24) is 0 Å². The molecule has 0 saturated carbocycles. The van der Waals surface area contributed by atoms with Crippen LogP contribution in [-0.4, -0.2) is 25.4 Å². The number of benzene rings is 1. The molecule has 0 radical (unpaired) electrons. The van der Waals surface area contributed by atoms with E-state index in [0.29, 0.717) is 18.9 Å². The largest absolute Gasteiger partial charge is 0.492 e. The minimum absolute atomic E-state index is 0.155. The lowest BCUT2D eigenvalue weighted by Crippen LogP contribution is -2.31. The quantitative estimate of drug-likeness (QED) is 0.757. The zero-order valence-electron chi connectivity index (χ0n) is 9.20. The average molecular weight is 240 g/mol. The summed E-state index contributed by atoms with van der Waals surface area (Å²) in [5.74, 6) is 1.47. The maximum atomic E-state index is 11.5. The van der Waals surface area contributed by atoms with Crippen molar-refractivity contribution in [2.24, 2.45) is 0 Å². The van der Waals surface area contributed by atoms with Crippen LogP contribution in [-0.2, 0) is 11.2 Å². The molecular weight excluding hydrogens is 226 g/mol. The molecule has 1 aromatic carbocycles. The maximum absolute atomic E-state index is 11.5. The van der Waals surface area contributed by atoms with Crippen LogP contribution in [0.1, 0.15) is 12.0 Å². The van der Waals surface area contributed by atoms with Crippen LogP contribution in [0.2, 0.25) is 0 Å². The molecule has 0 aromatic heterocycles. The van der Waals surface area contributed by atoms with Crippen molar-refractivity contribution < 1.29 is 9.53 Å². The van der Waals surface area contributed by atoms with Gasteiger partial charge in [-0.05, 0) is 18.6 Å². The van der Waals surface area contributed by atoms with Crippen molar-refractivity contribution in [1.29, 1.82) is 0 Å². The Labute approximate surface area is 100.0 Å². The van der Waals surface area contributed by atoms with Crippen molar-refractivity contribution in [3.8, 4) is 5.75 Å². The smallest absolute Gasteiger partial charge is 0.227 e. The Kier molecular flexibility index (Phi) is 3.34. The van der Waals surface area contributed by atoms with Gasteiger partial charge in [-0.3, -0.25) is 4.79 Å². The number of ether oxygens (including phenoxy) is 1. The molecule has 1 aliphatic rings. The van der Waals surface area contributed by atoms with E-state index in [1.54, 1.807) is 11.9 Å². The molecule has 0 aliphatic carbocycles. The molecule has 1 heterocycles. The SMILES string of the molecule is CN1C(=O)CCc2c(OCCCl)cccc21. The highest BCUT2D eigenvalue weighted by atomic mass is 35.5. The third kappa shape index (κ3) is 2.00. The predicted molar refractivity (Wildman–Crippen MR) is 64.4 cm³/mol. The summed E-state index contributed by atoms with van der Waals surface area (Å²) in [4.78, 5) is 13.2. The molecule has 0 N–H and O–H groups in total.